The van der Waals surface area contributed by atoms with Crippen molar-refractivity contribution in [3.63, 3.8) is 0 Å². The minimum absolute atomic E-state index is 0.131. The molecule has 0 saturated carbocycles. The minimum Gasteiger partial charge on any atom is -0.491 e. The summed E-state index contributed by atoms with van der Waals surface area (Å²) in [5, 5.41) is 18.1. The maximum Gasteiger partial charge on any atom is 0.316 e. The first kappa shape index (κ1) is 29.2. The molecule has 0 saturated heterocycles. The number of likely N-dealkylation sites (N-methyl/N-ethyl adjacent to an activating group) is 1. The van der Waals surface area contributed by atoms with Crippen LogP contribution in [0.1, 0.15) is 29.3 Å². The zero-order valence-electron chi connectivity index (χ0n) is 23.6. The van der Waals surface area contributed by atoms with Crippen LogP contribution >= 0.6 is 27.5 Å². The predicted octanol–water partition coefficient (Wildman–Crippen LogP) is 4.24. The molecule has 5 rings (SSSR count). The first-order valence-electron chi connectivity index (χ1n) is 13.3. The van der Waals surface area contributed by atoms with E-state index in [4.69, 9.17) is 31.0 Å². The Hall–Kier alpha value is -3.32. The molecule has 3 aromatic heterocycles. The summed E-state index contributed by atoms with van der Waals surface area (Å²) in [5.41, 5.74) is 6.01. The molecule has 0 unspecified atom stereocenters. The molecule has 0 fully saturated rings. The van der Waals surface area contributed by atoms with Gasteiger partial charge in [0, 0.05) is 48.6 Å². The Bertz CT molecular complexity index is 1580. The average Bonchev–Trinajstić information content (AvgIpc) is 3.47. The SMILES string of the molecule is CCOc1ncc2c(n1)CN(c1nc(-c3cc(OC[C@H](O)CNC)ccc3Cl)nc(-c3c(C)c(Br)nn3C)c1C)C2. The van der Waals surface area contributed by atoms with Gasteiger partial charge in [-0.1, -0.05) is 11.6 Å². The summed E-state index contributed by atoms with van der Waals surface area (Å²) in [7, 11) is 3.67. The topological polar surface area (TPSA) is 123 Å². The molecule has 0 radical (unpaired) electrons. The van der Waals surface area contributed by atoms with E-state index >= 15 is 0 Å². The van der Waals surface area contributed by atoms with Crippen LogP contribution < -0.4 is 19.7 Å². The number of aliphatic hydroxyl groups is 1. The lowest BCUT2D eigenvalue weighted by Gasteiger charge is -2.22. The van der Waals surface area contributed by atoms with E-state index in [0.29, 0.717) is 54.4 Å². The zero-order chi connectivity index (χ0) is 29.3. The summed E-state index contributed by atoms with van der Waals surface area (Å²) in [6, 6.07) is 5.69. The first-order valence-corrected chi connectivity index (χ1v) is 14.4. The van der Waals surface area contributed by atoms with E-state index < -0.39 is 6.10 Å². The van der Waals surface area contributed by atoms with Gasteiger partial charge >= 0.3 is 6.01 Å². The summed E-state index contributed by atoms with van der Waals surface area (Å²) >= 11 is 10.3. The lowest BCUT2D eigenvalue weighted by atomic mass is 10.1. The Morgan fingerprint density at radius 2 is 1.95 bits per heavy atom. The molecule has 2 N–H and O–H groups in total. The third-order valence-corrected chi connectivity index (χ3v) is 7.92. The molecule has 1 aliphatic heterocycles. The van der Waals surface area contributed by atoms with E-state index in [1.807, 2.05) is 38.7 Å². The average molecular weight is 644 g/mol. The second kappa shape index (κ2) is 12.3. The third kappa shape index (κ3) is 6.01. The van der Waals surface area contributed by atoms with Crippen molar-refractivity contribution in [1.82, 2.24) is 35.0 Å². The Morgan fingerprint density at radius 3 is 2.66 bits per heavy atom. The van der Waals surface area contributed by atoms with Crippen LogP contribution in [0.5, 0.6) is 11.8 Å². The second-order valence-electron chi connectivity index (χ2n) is 9.81. The van der Waals surface area contributed by atoms with Gasteiger partial charge in [0.05, 0.1) is 35.3 Å². The fourth-order valence-electron chi connectivity index (χ4n) is 4.83. The van der Waals surface area contributed by atoms with Crippen molar-refractivity contribution < 1.29 is 14.6 Å². The highest BCUT2D eigenvalue weighted by atomic mass is 79.9. The summed E-state index contributed by atoms with van der Waals surface area (Å²) in [6.45, 7) is 8.11. The number of benzene rings is 1. The van der Waals surface area contributed by atoms with Crippen LogP contribution in [-0.4, -0.2) is 67.7 Å². The second-order valence-corrected chi connectivity index (χ2v) is 11.0. The Kier molecular flexibility index (Phi) is 8.74. The molecule has 0 spiro atoms. The summed E-state index contributed by atoms with van der Waals surface area (Å²) in [5.74, 6) is 1.75. The van der Waals surface area contributed by atoms with Crippen molar-refractivity contribution in [1.29, 1.82) is 0 Å². The monoisotopic (exact) mass is 642 g/mol. The molecule has 1 atom stereocenters. The van der Waals surface area contributed by atoms with Gasteiger partial charge in [0.2, 0.25) is 0 Å². The quantitative estimate of drug-likeness (QED) is 0.259. The normalized spacial score (nSPS) is 13.4. The number of fused-ring (bicyclic) bond motifs is 1. The molecule has 0 aliphatic carbocycles. The van der Waals surface area contributed by atoms with Crippen molar-refractivity contribution in [2.24, 2.45) is 7.05 Å². The smallest absolute Gasteiger partial charge is 0.316 e. The van der Waals surface area contributed by atoms with Crippen molar-refractivity contribution in [2.45, 2.75) is 40.0 Å². The van der Waals surface area contributed by atoms with Crippen LogP contribution in [0.25, 0.3) is 22.8 Å². The minimum atomic E-state index is -0.651. The molecule has 1 aromatic carbocycles. The largest absolute Gasteiger partial charge is 0.491 e. The first-order chi connectivity index (χ1) is 19.7. The lowest BCUT2D eigenvalue weighted by molar-refractivity contribution is 0.108. The van der Waals surface area contributed by atoms with Crippen molar-refractivity contribution in [3.05, 3.63) is 56.4 Å². The van der Waals surface area contributed by atoms with E-state index in [-0.39, 0.29) is 6.61 Å². The third-order valence-electron chi connectivity index (χ3n) is 6.84. The Labute approximate surface area is 252 Å². The van der Waals surface area contributed by atoms with E-state index in [1.165, 1.54) is 0 Å². The molecule has 4 aromatic rings. The maximum absolute atomic E-state index is 10.1. The molecule has 0 bridgehead atoms. The number of halogens is 2. The molecular formula is C28H32BrClN8O3. The van der Waals surface area contributed by atoms with Crippen LogP contribution in [0.2, 0.25) is 5.02 Å². The van der Waals surface area contributed by atoms with Gasteiger partial charge in [-0.25, -0.2) is 15.0 Å². The number of nitrogens with one attached hydrogen (secondary N) is 1. The number of anilines is 1. The van der Waals surface area contributed by atoms with Crippen molar-refractivity contribution in [3.8, 4) is 34.5 Å². The fourth-order valence-corrected chi connectivity index (χ4v) is 5.46. The zero-order valence-corrected chi connectivity index (χ0v) is 25.9. The van der Waals surface area contributed by atoms with Gasteiger partial charge in [-0.15, -0.1) is 0 Å². The fraction of sp³-hybridized carbons (Fsp3) is 0.393. The Morgan fingerprint density at radius 1 is 1.15 bits per heavy atom. The van der Waals surface area contributed by atoms with Gasteiger partial charge in [-0.2, -0.15) is 10.1 Å². The molecule has 0 amide bonds. The van der Waals surface area contributed by atoms with Gasteiger partial charge < -0.3 is 24.8 Å². The van der Waals surface area contributed by atoms with Crippen molar-refractivity contribution >= 4 is 33.3 Å². The summed E-state index contributed by atoms with van der Waals surface area (Å²) < 4.78 is 13.9. The number of nitrogens with zero attached hydrogens (tertiary/aromatic N) is 7. The number of aryl methyl sites for hydroxylation is 1. The summed E-state index contributed by atoms with van der Waals surface area (Å²) in [4.78, 5) is 21.2. The predicted molar refractivity (Wildman–Crippen MR) is 160 cm³/mol. The van der Waals surface area contributed by atoms with Crippen LogP contribution in [0, 0.1) is 13.8 Å². The van der Waals surface area contributed by atoms with Gasteiger partial charge in [-0.3, -0.25) is 4.68 Å². The van der Waals surface area contributed by atoms with Gasteiger partial charge in [0.15, 0.2) is 5.82 Å². The van der Waals surface area contributed by atoms with Gasteiger partial charge in [-0.05, 0) is 61.9 Å². The highest BCUT2D eigenvalue weighted by Gasteiger charge is 2.28. The molecule has 13 heteroatoms. The number of hydrogen-bond acceptors (Lipinski definition) is 10. The van der Waals surface area contributed by atoms with E-state index in [1.54, 1.807) is 25.2 Å². The van der Waals surface area contributed by atoms with Gasteiger partial charge in [0.1, 0.15) is 28.9 Å². The summed E-state index contributed by atoms with van der Waals surface area (Å²) in [6.07, 6.45) is 1.16. The molecule has 216 valence electrons. The maximum atomic E-state index is 10.1. The van der Waals surface area contributed by atoms with Crippen LogP contribution in [0.4, 0.5) is 5.82 Å². The van der Waals surface area contributed by atoms with E-state index in [0.717, 1.165) is 44.2 Å². The molecular weight excluding hydrogens is 612 g/mol. The number of aromatic nitrogens is 6. The molecule has 41 heavy (non-hydrogen) atoms. The molecule has 11 nitrogen and oxygen atoms in total. The lowest BCUT2D eigenvalue weighted by Crippen LogP contribution is -2.29. The number of aliphatic hydroxyl groups excluding tert-OH is 1. The van der Waals surface area contributed by atoms with Crippen LogP contribution in [0.3, 0.4) is 0 Å². The highest BCUT2D eigenvalue weighted by Crippen LogP contribution is 2.39. The standard InChI is InChI=1S/C28H32BrClN8O3/c1-6-40-28-32-10-17-12-38(13-22(17)33-28)27-15(2)23(24-16(3)25(29)36-37(24)5)34-26(35-27)20-9-19(7-8-21(20)30)41-14-18(39)11-31-4/h7-10,18,31,39H,6,11-14H2,1-5H3/t18-/m1/s1. The van der Waals surface area contributed by atoms with Gasteiger partial charge in [0.25, 0.3) is 0 Å². The van der Waals surface area contributed by atoms with Crippen LogP contribution in [-0.2, 0) is 20.1 Å². The Balaban J connectivity index is 1.60. The molecule has 1 aliphatic rings. The molecule has 4 heterocycles. The van der Waals surface area contributed by atoms with E-state index in [9.17, 15) is 5.11 Å². The van der Waals surface area contributed by atoms with E-state index in [2.05, 4.69) is 41.2 Å². The number of hydrogen-bond donors (Lipinski definition) is 2. The number of rotatable bonds is 10. The highest BCUT2D eigenvalue weighted by molar-refractivity contribution is 9.10. The number of ether oxygens (including phenoxy) is 2. The van der Waals surface area contributed by atoms with Crippen molar-refractivity contribution in [2.75, 3.05) is 31.7 Å². The van der Waals surface area contributed by atoms with Crippen LogP contribution in [0.15, 0.2) is 29.0 Å².